The lowest BCUT2D eigenvalue weighted by Gasteiger charge is -2.26. The van der Waals surface area contributed by atoms with Crippen LogP contribution in [0.1, 0.15) is 30.1 Å². The largest absolute Gasteiger partial charge is 0.546 e. The van der Waals surface area contributed by atoms with Crippen LogP contribution in [0.4, 0.5) is 16.2 Å². The Hall–Kier alpha value is -3.84. The summed E-state index contributed by atoms with van der Waals surface area (Å²) in [6, 6.07) is 23.7. The molecule has 4 rings (SSSR count). The predicted octanol–water partition coefficient (Wildman–Crippen LogP) is 3.78. The maximum Gasteiger partial charge on any atom is 0.418 e. The number of anilines is 2. The third kappa shape index (κ3) is 5.38. The van der Waals surface area contributed by atoms with E-state index in [1.165, 1.54) is 4.90 Å². The lowest BCUT2D eigenvalue weighted by molar-refractivity contribution is -0.307. The first-order chi connectivity index (χ1) is 16.5. The van der Waals surface area contributed by atoms with E-state index in [1.54, 1.807) is 18.2 Å². The Bertz CT molecular complexity index is 1080. The molecule has 2 unspecified atom stereocenters. The quantitative estimate of drug-likeness (QED) is 0.539. The highest BCUT2D eigenvalue weighted by Gasteiger charge is 2.30. The zero-order chi connectivity index (χ0) is 23.9. The van der Waals surface area contributed by atoms with Crippen LogP contribution in [0.5, 0.6) is 5.75 Å². The molecule has 0 fully saturated rings. The molecule has 0 spiro atoms. The van der Waals surface area contributed by atoms with Crippen molar-refractivity contribution in [1.29, 1.82) is 0 Å². The monoisotopic (exact) mass is 460 g/mol. The fourth-order valence-electron chi connectivity index (χ4n) is 4.28. The number of carboxylic acids is 1. The number of hydrogen-bond acceptors (Lipinski definition) is 6. The molecule has 1 amide bonds. The molecule has 0 saturated carbocycles. The molecule has 3 aromatic carbocycles. The number of aliphatic hydroxyl groups excluding tert-OH is 1. The molecule has 2 atom stereocenters. The fraction of sp³-hybridized carbons (Fsp3) is 0.259. The first-order valence-electron chi connectivity index (χ1n) is 11.2. The average molecular weight is 461 g/mol. The van der Waals surface area contributed by atoms with Gasteiger partial charge in [-0.2, -0.15) is 0 Å². The van der Waals surface area contributed by atoms with E-state index in [9.17, 15) is 19.8 Å². The second-order valence-corrected chi connectivity index (χ2v) is 8.17. The summed E-state index contributed by atoms with van der Waals surface area (Å²) in [7, 11) is 0. The van der Waals surface area contributed by atoms with Crippen molar-refractivity contribution in [3.05, 3.63) is 90.0 Å². The number of aliphatic carboxylic acids is 1. The lowest BCUT2D eigenvalue weighted by Crippen LogP contribution is -2.30. The topological polar surface area (TPSA) is 99.1 Å². The molecule has 34 heavy (non-hydrogen) atoms. The standard InChI is InChI=1S/C27H27NO6/c29-25(30)18-33-24-16-8-15-23-22(24)14-7-9-19(26(23)31)17-34-27(32)28(20-10-3-1-4-11-20)21-12-5-2-6-13-21/h1-6,8,10-13,15-16,19,26,31H,7,9,14,17-18H2,(H,29,30)/p-1. The van der Waals surface area contributed by atoms with Crippen molar-refractivity contribution in [2.75, 3.05) is 18.1 Å². The summed E-state index contributed by atoms with van der Waals surface area (Å²) in [4.78, 5) is 25.5. The fourth-order valence-corrected chi connectivity index (χ4v) is 4.28. The van der Waals surface area contributed by atoms with Crippen LogP contribution >= 0.6 is 0 Å². The van der Waals surface area contributed by atoms with Crippen LogP contribution in [-0.4, -0.2) is 30.4 Å². The molecule has 0 heterocycles. The number of ether oxygens (including phenoxy) is 2. The van der Waals surface area contributed by atoms with E-state index >= 15 is 0 Å². The molecule has 1 aliphatic rings. The summed E-state index contributed by atoms with van der Waals surface area (Å²) >= 11 is 0. The van der Waals surface area contributed by atoms with Gasteiger partial charge in [-0.05, 0) is 60.7 Å². The minimum absolute atomic E-state index is 0.0414. The summed E-state index contributed by atoms with van der Waals surface area (Å²) in [6.07, 6.45) is 0.595. The average Bonchev–Trinajstić information content (AvgIpc) is 3.02. The molecule has 0 aliphatic heterocycles. The van der Waals surface area contributed by atoms with E-state index in [0.717, 1.165) is 12.0 Å². The number of carbonyl (C=O) groups excluding carboxylic acids is 2. The molecule has 0 radical (unpaired) electrons. The number of rotatable bonds is 7. The van der Waals surface area contributed by atoms with Gasteiger partial charge >= 0.3 is 6.09 Å². The molecule has 0 saturated heterocycles. The van der Waals surface area contributed by atoms with Crippen LogP contribution in [0, 0.1) is 5.92 Å². The highest BCUT2D eigenvalue weighted by molar-refractivity contribution is 5.95. The predicted molar refractivity (Wildman–Crippen MR) is 125 cm³/mol. The molecule has 0 aromatic heterocycles. The van der Waals surface area contributed by atoms with Crippen LogP contribution in [-0.2, 0) is 16.0 Å². The second-order valence-electron chi connectivity index (χ2n) is 8.17. The normalized spacial score (nSPS) is 17.2. The van der Waals surface area contributed by atoms with Crippen molar-refractivity contribution in [3.8, 4) is 5.75 Å². The maximum absolute atomic E-state index is 13.2. The van der Waals surface area contributed by atoms with Crippen LogP contribution in [0.2, 0.25) is 0 Å². The number of carboxylic acid groups (broad SMARTS) is 1. The molecule has 0 bridgehead atoms. The Labute approximate surface area is 198 Å². The molecule has 3 aromatic rings. The molecular weight excluding hydrogens is 434 g/mol. The zero-order valence-electron chi connectivity index (χ0n) is 18.6. The summed E-state index contributed by atoms with van der Waals surface area (Å²) in [5.74, 6) is -1.19. The van der Waals surface area contributed by atoms with Crippen LogP contribution in [0.25, 0.3) is 0 Å². The van der Waals surface area contributed by atoms with E-state index in [1.807, 2.05) is 60.7 Å². The third-order valence-electron chi connectivity index (χ3n) is 5.91. The van der Waals surface area contributed by atoms with Crippen molar-refractivity contribution in [2.45, 2.75) is 25.4 Å². The van der Waals surface area contributed by atoms with Gasteiger partial charge in [-0.3, -0.25) is 0 Å². The number of hydrogen-bond donors (Lipinski definition) is 1. The Morgan fingerprint density at radius 3 is 2.21 bits per heavy atom. The molecule has 1 N–H and O–H groups in total. The van der Waals surface area contributed by atoms with Crippen LogP contribution in [0.15, 0.2) is 78.9 Å². The van der Waals surface area contributed by atoms with E-state index in [0.29, 0.717) is 35.5 Å². The number of aliphatic hydroxyl groups is 1. The van der Waals surface area contributed by atoms with Gasteiger partial charge in [0.25, 0.3) is 0 Å². The van der Waals surface area contributed by atoms with Gasteiger partial charge in [0.2, 0.25) is 0 Å². The summed E-state index contributed by atoms with van der Waals surface area (Å²) in [5.41, 5.74) is 2.80. The molecule has 176 valence electrons. The summed E-state index contributed by atoms with van der Waals surface area (Å²) in [6.45, 7) is -0.512. The Kier molecular flexibility index (Phi) is 7.44. The van der Waals surface area contributed by atoms with Gasteiger partial charge in [0.1, 0.15) is 12.4 Å². The van der Waals surface area contributed by atoms with Gasteiger partial charge in [0, 0.05) is 5.92 Å². The van der Waals surface area contributed by atoms with E-state index in [2.05, 4.69) is 0 Å². The third-order valence-corrected chi connectivity index (χ3v) is 5.91. The lowest BCUT2D eigenvalue weighted by atomic mass is 9.93. The smallest absolute Gasteiger partial charge is 0.418 e. The first kappa shape index (κ1) is 23.3. The maximum atomic E-state index is 13.2. The number of nitrogens with zero attached hydrogens (tertiary/aromatic N) is 1. The highest BCUT2D eigenvalue weighted by atomic mass is 16.6. The SMILES string of the molecule is O=C([O-])COc1cccc2c1CCCC(COC(=O)N(c1ccccc1)c1ccccc1)C2O. The zero-order valence-corrected chi connectivity index (χ0v) is 18.6. The van der Waals surface area contributed by atoms with Crippen molar-refractivity contribution in [1.82, 2.24) is 0 Å². The van der Waals surface area contributed by atoms with E-state index in [-0.39, 0.29) is 12.5 Å². The van der Waals surface area contributed by atoms with E-state index in [4.69, 9.17) is 9.47 Å². The Balaban J connectivity index is 1.50. The van der Waals surface area contributed by atoms with E-state index < -0.39 is 24.8 Å². The van der Waals surface area contributed by atoms with Gasteiger partial charge in [-0.15, -0.1) is 0 Å². The number of carbonyl (C=O) groups is 2. The first-order valence-corrected chi connectivity index (χ1v) is 11.2. The second kappa shape index (κ2) is 10.9. The number of para-hydroxylation sites is 2. The van der Waals surface area contributed by atoms with Crippen LogP contribution < -0.4 is 14.7 Å². The van der Waals surface area contributed by atoms with Crippen molar-refractivity contribution in [2.24, 2.45) is 5.92 Å². The number of amides is 1. The van der Waals surface area contributed by atoms with Crippen molar-refractivity contribution >= 4 is 23.4 Å². The highest BCUT2D eigenvalue weighted by Crippen LogP contribution is 2.38. The molecular formula is C27H26NO6-. The minimum atomic E-state index is -1.31. The molecule has 7 heteroatoms. The molecule has 1 aliphatic carbocycles. The van der Waals surface area contributed by atoms with Gasteiger partial charge < -0.3 is 24.5 Å². The van der Waals surface area contributed by atoms with Gasteiger partial charge in [-0.1, -0.05) is 48.5 Å². The van der Waals surface area contributed by atoms with Gasteiger partial charge in [0.05, 0.1) is 30.1 Å². The van der Waals surface area contributed by atoms with Crippen LogP contribution in [0.3, 0.4) is 0 Å². The Morgan fingerprint density at radius 1 is 0.941 bits per heavy atom. The Morgan fingerprint density at radius 2 is 1.59 bits per heavy atom. The molecule has 7 nitrogen and oxygen atoms in total. The van der Waals surface area contributed by atoms with Crippen molar-refractivity contribution < 1.29 is 29.3 Å². The summed E-state index contributed by atoms with van der Waals surface area (Å²) < 4.78 is 11.1. The number of fused-ring (bicyclic) bond motifs is 1. The van der Waals surface area contributed by atoms with Crippen molar-refractivity contribution in [3.63, 3.8) is 0 Å². The summed E-state index contributed by atoms with van der Waals surface area (Å²) in [5, 5.41) is 21.9. The van der Waals surface area contributed by atoms with Gasteiger partial charge in [-0.25, -0.2) is 9.69 Å². The van der Waals surface area contributed by atoms with Gasteiger partial charge in [0.15, 0.2) is 0 Å². The number of benzene rings is 3. The minimum Gasteiger partial charge on any atom is -0.546 e.